The van der Waals surface area contributed by atoms with Crippen molar-refractivity contribution in [1.82, 2.24) is 0 Å². The number of aliphatic hydroxyl groups is 6. The summed E-state index contributed by atoms with van der Waals surface area (Å²) in [6.07, 6.45) is -10.2. The molecule has 19 unspecified atom stereocenters. The zero-order chi connectivity index (χ0) is 41.4. The summed E-state index contributed by atoms with van der Waals surface area (Å²) in [6.45, 7) is 11.2. The van der Waals surface area contributed by atoms with Gasteiger partial charge in [0.2, 0.25) is 0 Å². The van der Waals surface area contributed by atoms with Crippen LogP contribution in [0.4, 0.5) is 0 Å². The molecule has 324 valence electrons. The van der Waals surface area contributed by atoms with E-state index in [1.807, 2.05) is 19.9 Å². The Kier molecular flexibility index (Phi) is 10.5. The molecule has 4 aliphatic carbocycles. The number of cyclic esters (lactones) is 1. The van der Waals surface area contributed by atoms with E-state index in [1.54, 1.807) is 0 Å². The molecule has 0 radical (unpaired) electrons. The van der Waals surface area contributed by atoms with E-state index in [2.05, 4.69) is 25.0 Å². The summed E-state index contributed by atoms with van der Waals surface area (Å²) in [7, 11) is -5.03. The third kappa shape index (κ3) is 6.41. The van der Waals surface area contributed by atoms with Crippen LogP contribution in [0.2, 0.25) is 0 Å². The summed E-state index contributed by atoms with van der Waals surface area (Å²) in [5.41, 5.74) is -3.41. The van der Waals surface area contributed by atoms with Gasteiger partial charge >= 0.3 is 16.4 Å². The van der Waals surface area contributed by atoms with Crippen molar-refractivity contribution in [3.63, 3.8) is 0 Å². The summed E-state index contributed by atoms with van der Waals surface area (Å²) in [5.74, 6) is -0.960. The molecule has 0 amide bonds. The third-order valence-corrected chi connectivity index (χ3v) is 16.1. The predicted molar refractivity (Wildman–Crippen MR) is 194 cm³/mol. The molecule has 0 aromatic heterocycles. The van der Waals surface area contributed by atoms with Crippen LogP contribution in [0.3, 0.4) is 0 Å². The van der Waals surface area contributed by atoms with Gasteiger partial charge in [-0.05, 0) is 101 Å². The molecule has 4 saturated heterocycles. The van der Waals surface area contributed by atoms with E-state index in [4.69, 9.17) is 28.4 Å². The number of hydrogen-bond donors (Lipinski definition) is 7. The Labute approximate surface area is 332 Å². The van der Waals surface area contributed by atoms with Gasteiger partial charge < -0.3 is 59.1 Å². The van der Waals surface area contributed by atoms with Crippen molar-refractivity contribution in [3.8, 4) is 0 Å². The molecule has 0 bridgehead atoms. The Balaban J connectivity index is 1.04. The highest BCUT2D eigenvalue weighted by Crippen LogP contribution is 2.71. The first-order valence-electron chi connectivity index (χ1n) is 20.4. The number of fused-ring (bicyclic) bond motifs is 4. The molecule has 4 aliphatic heterocycles. The summed E-state index contributed by atoms with van der Waals surface area (Å²) in [5, 5.41) is 67.4. The lowest BCUT2D eigenvalue weighted by molar-refractivity contribution is -0.362. The number of ether oxygens (including phenoxy) is 6. The predicted octanol–water partition coefficient (Wildman–Crippen LogP) is 0.653. The van der Waals surface area contributed by atoms with Gasteiger partial charge in [-0.15, -0.1) is 0 Å². The largest absolute Gasteiger partial charge is 0.456 e. The molecular formula is C39H60O17S. The van der Waals surface area contributed by atoms with Gasteiger partial charge in [0.1, 0.15) is 47.6 Å². The van der Waals surface area contributed by atoms with Gasteiger partial charge in [0.25, 0.3) is 0 Å². The second kappa shape index (κ2) is 14.1. The lowest BCUT2D eigenvalue weighted by Gasteiger charge is -2.62. The Morgan fingerprint density at radius 3 is 2.23 bits per heavy atom. The lowest BCUT2D eigenvalue weighted by atomic mass is 9.43. The van der Waals surface area contributed by atoms with Crippen LogP contribution < -0.4 is 0 Å². The standard InChI is InChI=1S/C39H60O17S/c1-17-26(41)28(43)29(44)32(51-17)53-30-27(42)22(56-57(47,48)49)16-50-33(30)52-25-11-13-37(6)20-15-24(40)39-19(18(20)7-8-23(37)36(25,4)5)9-14-38(39,46)31(54-34(39)45)21-10-12-35(2,3)55-21/h15,17-19,21-33,40-44,46H,7-14,16H2,1-6H3,(H,47,48,49). The molecule has 4 heterocycles. The first-order chi connectivity index (χ1) is 26.5. The third-order valence-electron chi connectivity index (χ3n) is 15.6. The smallest absolute Gasteiger partial charge is 0.397 e. The SMILES string of the molecule is CC1OC(OC2C(OC3CCC4(C)C5=CC(O)C67C(=O)OC(C8CCC(C)(C)O8)C6(O)CCC7C5CCC4C3(C)C)OCC(OS(=O)(=O)O)C2O)C(O)C(O)C1O. The maximum Gasteiger partial charge on any atom is 0.397 e. The summed E-state index contributed by atoms with van der Waals surface area (Å²) < 4.78 is 73.8. The highest BCUT2D eigenvalue weighted by Gasteiger charge is 2.80. The van der Waals surface area contributed by atoms with E-state index >= 15 is 0 Å². The molecule has 17 nitrogen and oxygen atoms in total. The quantitative estimate of drug-likeness (QED) is 0.0805. The fourth-order valence-electron chi connectivity index (χ4n) is 12.8. The molecule has 1 spiro atoms. The van der Waals surface area contributed by atoms with Gasteiger partial charge in [-0.2, -0.15) is 8.42 Å². The van der Waals surface area contributed by atoms with Crippen molar-refractivity contribution >= 4 is 16.4 Å². The number of aliphatic hydroxyl groups excluding tert-OH is 5. The average Bonchev–Trinajstić information content (AvgIpc) is 3.72. The fraction of sp³-hybridized carbons (Fsp3) is 0.923. The van der Waals surface area contributed by atoms with Crippen LogP contribution in [-0.4, -0.2) is 147 Å². The van der Waals surface area contributed by atoms with Crippen LogP contribution in [0.15, 0.2) is 11.6 Å². The monoisotopic (exact) mass is 832 g/mol. The maximum atomic E-state index is 14.1. The molecule has 19 atom stereocenters. The Bertz CT molecular complexity index is 1720. The average molecular weight is 833 g/mol. The van der Waals surface area contributed by atoms with Crippen molar-refractivity contribution in [3.05, 3.63) is 11.6 Å². The van der Waals surface area contributed by atoms with Gasteiger partial charge in [0.05, 0.1) is 36.6 Å². The van der Waals surface area contributed by atoms with Crippen molar-refractivity contribution in [2.24, 2.45) is 34.0 Å². The van der Waals surface area contributed by atoms with Gasteiger partial charge in [-0.3, -0.25) is 9.35 Å². The van der Waals surface area contributed by atoms with Crippen LogP contribution in [0.5, 0.6) is 0 Å². The van der Waals surface area contributed by atoms with Crippen molar-refractivity contribution in [1.29, 1.82) is 0 Å². The molecule has 0 aromatic rings. The minimum Gasteiger partial charge on any atom is -0.456 e. The fourth-order valence-corrected chi connectivity index (χ4v) is 13.3. The first kappa shape index (κ1) is 42.3. The van der Waals surface area contributed by atoms with Crippen LogP contribution in [0, 0.1) is 34.0 Å². The highest BCUT2D eigenvalue weighted by molar-refractivity contribution is 7.80. The van der Waals surface area contributed by atoms with Crippen molar-refractivity contribution in [2.75, 3.05) is 6.61 Å². The number of esters is 1. The number of carbonyl (C=O) groups excluding carboxylic acids is 1. The van der Waals surface area contributed by atoms with Crippen LogP contribution >= 0.6 is 0 Å². The van der Waals surface area contributed by atoms with E-state index in [-0.39, 0.29) is 17.8 Å². The molecule has 0 aromatic carbocycles. The van der Waals surface area contributed by atoms with Gasteiger partial charge in [0, 0.05) is 0 Å². The second-order valence-electron chi connectivity index (χ2n) is 19.5. The number of hydrogen-bond acceptors (Lipinski definition) is 16. The molecule has 7 fully saturated rings. The van der Waals surface area contributed by atoms with E-state index in [1.165, 1.54) is 6.92 Å². The summed E-state index contributed by atoms with van der Waals surface area (Å²) >= 11 is 0. The molecule has 3 saturated carbocycles. The minimum absolute atomic E-state index is 0.00494. The van der Waals surface area contributed by atoms with Gasteiger partial charge in [0.15, 0.2) is 18.7 Å². The number of allylic oxidation sites excluding steroid dienone is 1. The summed E-state index contributed by atoms with van der Waals surface area (Å²) in [6, 6.07) is 0. The molecule has 18 heteroatoms. The van der Waals surface area contributed by atoms with Crippen LogP contribution in [-0.2, 0) is 47.8 Å². The zero-order valence-electron chi connectivity index (χ0n) is 33.3. The Morgan fingerprint density at radius 1 is 0.842 bits per heavy atom. The van der Waals surface area contributed by atoms with E-state index < -0.39 is 130 Å². The second-order valence-corrected chi connectivity index (χ2v) is 20.5. The molecule has 8 aliphatic rings. The minimum atomic E-state index is -5.03. The first-order valence-corrected chi connectivity index (χ1v) is 21.8. The number of carbonyl (C=O) groups is 1. The van der Waals surface area contributed by atoms with Crippen molar-refractivity contribution in [2.45, 2.75) is 184 Å². The van der Waals surface area contributed by atoms with Crippen molar-refractivity contribution < 1.29 is 81.0 Å². The van der Waals surface area contributed by atoms with E-state index in [0.29, 0.717) is 38.5 Å². The van der Waals surface area contributed by atoms with Crippen LogP contribution in [0.1, 0.15) is 92.9 Å². The van der Waals surface area contributed by atoms with E-state index in [0.717, 1.165) is 18.4 Å². The normalized spacial score (nSPS) is 52.9. The topological polar surface area (TPSA) is 257 Å². The molecular weight excluding hydrogens is 772 g/mol. The Hall–Kier alpha value is -1.36. The number of rotatable bonds is 7. The molecule has 8 rings (SSSR count). The van der Waals surface area contributed by atoms with Crippen LogP contribution in [0.25, 0.3) is 0 Å². The van der Waals surface area contributed by atoms with Gasteiger partial charge in [-0.1, -0.05) is 32.4 Å². The molecule has 57 heavy (non-hydrogen) atoms. The van der Waals surface area contributed by atoms with Gasteiger partial charge in [-0.25, -0.2) is 4.18 Å². The molecule has 7 N–H and O–H groups in total. The lowest BCUT2D eigenvalue weighted by Crippen LogP contribution is -2.64. The zero-order valence-corrected chi connectivity index (χ0v) is 34.1. The summed E-state index contributed by atoms with van der Waals surface area (Å²) in [4.78, 5) is 14.1. The highest BCUT2D eigenvalue weighted by atomic mass is 32.3. The maximum absolute atomic E-state index is 14.1. The Morgan fingerprint density at radius 2 is 1.56 bits per heavy atom. The van der Waals surface area contributed by atoms with E-state index in [9.17, 15) is 48.4 Å².